The van der Waals surface area contributed by atoms with Crippen LogP contribution in [0.25, 0.3) is 0 Å². The largest absolute Gasteiger partial charge is 0.462 e. The first kappa shape index (κ1) is 16.1. The maximum Gasteiger partial charge on any atom is 0.310 e. The summed E-state index contributed by atoms with van der Waals surface area (Å²) in [4.78, 5) is 12.2. The Morgan fingerprint density at radius 2 is 1.90 bits per heavy atom. The molecule has 1 aromatic rings. The van der Waals surface area contributed by atoms with E-state index in [1.165, 1.54) is 18.4 Å². The van der Waals surface area contributed by atoms with Crippen LogP contribution < -0.4 is 0 Å². The number of benzene rings is 1. The van der Waals surface area contributed by atoms with Crippen molar-refractivity contribution < 1.29 is 9.53 Å². The van der Waals surface area contributed by atoms with E-state index in [0.717, 1.165) is 12.0 Å². The minimum atomic E-state index is -0.0800. The van der Waals surface area contributed by atoms with Gasteiger partial charge < -0.3 is 4.74 Å². The minimum absolute atomic E-state index is 0.0800. The van der Waals surface area contributed by atoms with Crippen molar-refractivity contribution in [3.05, 3.63) is 35.4 Å². The first-order chi connectivity index (χ1) is 9.95. The molecular weight excluding hydrogens is 260 g/mol. The number of esters is 1. The molecule has 2 nitrogen and oxygen atoms in total. The maximum atomic E-state index is 12.2. The van der Waals surface area contributed by atoms with Gasteiger partial charge in [0.2, 0.25) is 0 Å². The Morgan fingerprint density at radius 3 is 2.52 bits per heavy atom. The molecule has 21 heavy (non-hydrogen) atoms. The molecule has 116 valence electrons. The molecule has 1 fully saturated rings. The summed E-state index contributed by atoms with van der Waals surface area (Å²) in [6.45, 7) is 8.79. The van der Waals surface area contributed by atoms with Crippen LogP contribution >= 0.6 is 0 Å². The molecule has 1 aromatic carbocycles. The van der Waals surface area contributed by atoms with E-state index in [-0.39, 0.29) is 12.1 Å². The highest BCUT2D eigenvalue weighted by Gasteiger charge is 2.33. The van der Waals surface area contributed by atoms with Gasteiger partial charge in [-0.25, -0.2) is 0 Å². The number of hydrogen-bond acceptors (Lipinski definition) is 2. The normalized spacial score (nSPS) is 25.9. The van der Waals surface area contributed by atoms with Gasteiger partial charge in [-0.15, -0.1) is 0 Å². The monoisotopic (exact) mass is 288 g/mol. The van der Waals surface area contributed by atoms with Crippen LogP contribution in [-0.2, 0) is 16.0 Å². The van der Waals surface area contributed by atoms with Gasteiger partial charge in [0, 0.05) is 0 Å². The van der Waals surface area contributed by atoms with Gasteiger partial charge in [0.1, 0.15) is 6.10 Å². The summed E-state index contributed by atoms with van der Waals surface area (Å²) in [6.07, 6.45) is 3.95. The third-order valence-electron chi connectivity index (χ3n) is 4.71. The molecule has 0 aliphatic heterocycles. The van der Waals surface area contributed by atoms with Gasteiger partial charge in [0.25, 0.3) is 0 Å². The van der Waals surface area contributed by atoms with Crippen molar-refractivity contribution in [3.8, 4) is 0 Å². The van der Waals surface area contributed by atoms with E-state index in [2.05, 4.69) is 27.7 Å². The molecule has 2 heteroatoms. The lowest BCUT2D eigenvalue weighted by atomic mass is 9.75. The van der Waals surface area contributed by atoms with Crippen molar-refractivity contribution in [1.29, 1.82) is 0 Å². The zero-order valence-corrected chi connectivity index (χ0v) is 13.8. The van der Waals surface area contributed by atoms with Gasteiger partial charge in [0.15, 0.2) is 0 Å². The van der Waals surface area contributed by atoms with E-state index in [9.17, 15) is 4.79 Å². The van der Waals surface area contributed by atoms with E-state index in [4.69, 9.17) is 4.74 Å². The highest BCUT2D eigenvalue weighted by Crippen LogP contribution is 2.35. The molecule has 1 saturated carbocycles. The third kappa shape index (κ3) is 4.59. The van der Waals surface area contributed by atoms with Crippen molar-refractivity contribution in [1.82, 2.24) is 0 Å². The Labute approximate surface area is 128 Å². The molecule has 3 atom stereocenters. The lowest BCUT2D eigenvalue weighted by Crippen LogP contribution is -2.36. The fourth-order valence-corrected chi connectivity index (χ4v) is 3.33. The molecule has 0 saturated heterocycles. The van der Waals surface area contributed by atoms with Crippen molar-refractivity contribution in [2.45, 2.75) is 59.5 Å². The second kappa shape index (κ2) is 7.11. The molecule has 1 aliphatic carbocycles. The van der Waals surface area contributed by atoms with Gasteiger partial charge in [-0.2, -0.15) is 0 Å². The highest BCUT2D eigenvalue weighted by atomic mass is 16.5. The van der Waals surface area contributed by atoms with E-state index < -0.39 is 0 Å². The van der Waals surface area contributed by atoms with Crippen LogP contribution in [0.2, 0.25) is 0 Å². The molecule has 0 N–H and O–H groups in total. The molecule has 1 unspecified atom stereocenters. The molecule has 0 heterocycles. The van der Waals surface area contributed by atoms with Crippen molar-refractivity contribution in [2.24, 2.45) is 17.8 Å². The zero-order chi connectivity index (χ0) is 15.4. The topological polar surface area (TPSA) is 26.3 Å². The van der Waals surface area contributed by atoms with Crippen molar-refractivity contribution >= 4 is 5.97 Å². The molecule has 2 rings (SSSR count). The summed E-state index contributed by atoms with van der Waals surface area (Å²) < 4.78 is 5.83. The number of rotatable bonds is 4. The SMILES string of the molecule is Cc1ccc(CC(=O)OC2C[C@H](C)CC[C@H]2C(C)C)cc1. The van der Waals surface area contributed by atoms with Gasteiger partial charge in [-0.3, -0.25) is 4.79 Å². The van der Waals surface area contributed by atoms with Gasteiger partial charge in [-0.05, 0) is 43.1 Å². The maximum absolute atomic E-state index is 12.2. The average molecular weight is 288 g/mol. The van der Waals surface area contributed by atoms with Gasteiger partial charge in [-0.1, -0.05) is 57.0 Å². The van der Waals surface area contributed by atoms with Crippen molar-refractivity contribution in [2.75, 3.05) is 0 Å². The summed E-state index contributed by atoms with van der Waals surface area (Å²) in [5.74, 6) is 1.68. The van der Waals surface area contributed by atoms with E-state index in [1.807, 2.05) is 24.3 Å². The number of hydrogen-bond donors (Lipinski definition) is 0. The highest BCUT2D eigenvalue weighted by molar-refractivity contribution is 5.72. The molecule has 0 radical (unpaired) electrons. The van der Waals surface area contributed by atoms with Crippen LogP contribution in [0, 0.1) is 24.7 Å². The fraction of sp³-hybridized carbons (Fsp3) is 0.632. The summed E-state index contributed by atoms with van der Waals surface area (Å²) in [5.41, 5.74) is 2.25. The summed E-state index contributed by atoms with van der Waals surface area (Å²) >= 11 is 0. The lowest BCUT2D eigenvalue weighted by molar-refractivity contribution is -0.155. The molecule has 0 aromatic heterocycles. The molecular formula is C19H28O2. The fourth-order valence-electron chi connectivity index (χ4n) is 3.33. The molecule has 0 amide bonds. The first-order valence-corrected chi connectivity index (χ1v) is 8.20. The van der Waals surface area contributed by atoms with Crippen LogP contribution in [-0.4, -0.2) is 12.1 Å². The minimum Gasteiger partial charge on any atom is -0.462 e. The van der Waals surface area contributed by atoms with E-state index >= 15 is 0 Å². The van der Waals surface area contributed by atoms with Gasteiger partial charge in [0.05, 0.1) is 6.42 Å². The Kier molecular flexibility index (Phi) is 5.44. The summed E-state index contributed by atoms with van der Waals surface area (Å²) in [5, 5.41) is 0. The first-order valence-electron chi connectivity index (χ1n) is 8.20. The molecule has 0 bridgehead atoms. The van der Waals surface area contributed by atoms with Crippen LogP contribution in [0.5, 0.6) is 0 Å². The summed E-state index contributed by atoms with van der Waals surface area (Å²) in [6, 6.07) is 8.12. The Hall–Kier alpha value is -1.31. The third-order valence-corrected chi connectivity index (χ3v) is 4.71. The quantitative estimate of drug-likeness (QED) is 0.760. The smallest absolute Gasteiger partial charge is 0.310 e. The zero-order valence-electron chi connectivity index (χ0n) is 13.8. The number of carbonyl (C=O) groups is 1. The Balaban J connectivity index is 1.94. The van der Waals surface area contributed by atoms with Crippen LogP contribution in [0.3, 0.4) is 0 Å². The number of carbonyl (C=O) groups excluding carboxylic acids is 1. The van der Waals surface area contributed by atoms with Gasteiger partial charge >= 0.3 is 5.97 Å². The second-order valence-corrected chi connectivity index (χ2v) is 7.02. The Bertz CT molecular complexity index is 461. The Morgan fingerprint density at radius 1 is 1.24 bits per heavy atom. The number of ether oxygens (including phenoxy) is 1. The standard InChI is InChI=1S/C19H28O2/c1-13(2)17-10-7-15(4)11-18(17)21-19(20)12-16-8-5-14(3)6-9-16/h5-6,8-9,13,15,17-18H,7,10-12H2,1-4H3/t15-,17+,18?/m1/s1. The summed E-state index contributed by atoms with van der Waals surface area (Å²) in [7, 11) is 0. The number of aryl methyl sites for hydroxylation is 1. The van der Waals surface area contributed by atoms with E-state index in [0.29, 0.717) is 24.2 Å². The van der Waals surface area contributed by atoms with Crippen LogP contribution in [0.1, 0.15) is 51.2 Å². The molecule has 1 aliphatic rings. The van der Waals surface area contributed by atoms with E-state index in [1.54, 1.807) is 0 Å². The van der Waals surface area contributed by atoms with Crippen LogP contribution in [0.15, 0.2) is 24.3 Å². The average Bonchev–Trinajstić information content (AvgIpc) is 2.41. The molecule has 0 spiro atoms. The predicted octanol–water partition coefficient (Wildman–Crippen LogP) is 4.54. The van der Waals surface area contributed by atoms with Crippen molar-refractivity contribution in [3.63, 3.8) is 0 Å². The second-order valence-electron chi connectivity index (χ2n) is 7.02. The van der Waals surface area contributed by atoms with Crippen LogP contribution in [0.4, 0.5) is 0 Å². The lowest BCUT2D eigenvalue weighted by Gasteiger charge is -2.36. The predicted molar refractivity (Wildman–Crippen MR) is 86.1 cm³/mol.